The number of thioether (sulfide) groups is 1. The molecule has 5 nitrogen and oxygen atoms in total. The molecule has 90 valence electrons. The molecule has 0 spiro atoms. The van der Waals surface area contributed by atoms with Crippen LogP contribution < -0.4 is 5.73 Å². The maximum absolute atomic E-state index is 6.22. The Bertz CT molecular complexity index is 321. The summed E-state index contributed by atoms with van der Waals surface area (Å²) >= 11 is 1.66. The predicted molar refractivity (Wildman–Crippen MR) is 64.1 cm³/mol. The summed E-state index contributed by atoms with van der Waals surface area (Å²) in [6, 6.07) is 0.280. The third kappa shape index (κ3) is 2.95. The van der Waals surface area contributed by atoms with Crippen LogP contribution in [0.4, 0.5) is 0 Å². The van der Waals surface area contributed by atoms with Gasteiger partial charge in [0.05, 0.1) is 0 Å². The van der Waals surface area contributed by atoms with Crippen LogP contribution in [0.5, 0.6) is 0 Å². The van der Waals surface area contributed by atoms with E-state index in [1.165, 1.54) is 32.1 Å². The van der Waals surface area contributed by atoms with Crippen LogP contribution in [-0.2, 0) is 7.05 Å². The average Bonchev–Trinajstić information content (AvgIpc) is 2.73. The van der Waals surface area contributed by atoms with Crippen LogP contribution in [0.15, 0.2) is 5.16 Å². The summed E-state index contributed by atoms with van der Waals surface area (Å²) in [7, 11) is 1.86. The van der Waals surface area contributed by atoms with Gasteiger partial charge in [-0.2, -0.15) is 0 Å². The number of rotatable bonds is 4. The van der Waals surface area contributed by atoms with E-state index in [9.17, 15) is 0 Å². The van der Waals surface area contributed by atoms with Crippen LogP contribution in [0.25, 0.3) is 0 Å². The van der Waals surface area contributed by atoms with Gasteiger partial charge in [-0.25, -0.2) is 4.68 Å². The molecule has 0 amide bonds. The smallest absolute Gasteiger partial charge is 0.209 e. The second-order valence-electron chi connectivity index (χ2n) is 4.46. The van der Waals surface area contributed by atoms with E-state index >= 15 is 0 Å². The van der Waals surface area contributed by atoms with Gasteiger partial charge in [0, 0.05) is 18.8 Å². The van der Waals surface area contributed by atoms with E-state index in [0.717, 1.165) is 10.9 Å². The van der Waals surface area contributed by atoms with Crippen molar-refractivity contribution in [2.75, 3.05) is 5.75 Å². The van der Waals surface area contributed by atoms with E-state index in [1.807, 2.05) is 7.05 Å². The first-order valence-electron chi connectivity index (χ1n) is 5.88. The fourth-order valence-electron chi connectivity index (χ4n) is 2.21. The lowest BCUT2D eigenvalue weighted by Gasteiger charge is -2.26. The van der Waals surface area contributed by atoms with Crippen molar-refractivity contribution in [2.24, 2.45) is 18.7 Å². The summed E-state index contributed by atoms with van der Waals surface area (Å²) in [6.07, 6.45) is 6.64. The Hall–Kier alpha value is -0.620. The first-order chi connectivity index (χ1) is 7.77. The van der Waals surface area contributed by atoms with Gasteiger partial charge in [0.25, 0.3) is 0 Å². The summed E-state index contributed by atoms with van der Waals surface area (Å²) in [5.74, 6) is 1.61. The number of nitrogens with two attached hydrogens (primary N) is 1. The van der Waals surface area contributed by atoms with Crippen LogP contribution in [0, 0.1) is 5.92 Å². The Labute approximate surface area is 100 Å². The summed E-state index contributed by atoms with van der Waals surface area (Å²) in [5, 5.41) is 12.2. The molecule has 6 heteroatoms. The molecule has 1 fully saturated rings. The predicted octanol–water partition coefficient (Wildman–Crippen LogP) is 1.21. The molecule has 2 N–H and O–H groups in total. The largest absolute Gasteiger partial charge is 0.327 e. The normalized spacial score (nSPS) is 19.9. The van der Waals surface area contributed by atoms with Gasteiger partial charge in [-0.1, -0.05) is 31.0 Å². The van der Waals surface area contributed by atoms with E-state index in [0.29, 0.717) is 5.92 Å². The highest BCUT2D eigenvalue weighted by Crippen LogP contribution is 2.27. The molecule has 1 unspecified atom stereocenters. The van der Waals surface area contributed by atoms with Crippen LogP contribution in [-0.4, -0.2) is 32.0 Å². The summed E-state index contributed by atoms with van der Waals surface area (Å²) in [5.41, 5.74) is 6.22. The molecule has 1 aliphatic carbocycles. The number of aryl methyl sites for hydroxylation is 1. The Morgan fingerprint density at radius 2 is 2.19 bits per heavy atom. The van der Waals surface area contributed by atoms with Gasteiger partial charge in [-0.3, -0.25) is 0 Å². The lowest BCUT2D eigenvalue weighted by Crippen LogP contribution is -2.33. The molecule has 1 aromatic rings. The molecule has 2 rings (SSSR count). The van der Waals surface area contributed by atoms with Crippen LogP contribution in [0.2, 0.25) is 0 Å². The van der Waals surface area contributed by atoms with Crippen molar-refractivity contribution in [3.05, 3.63) is 0 Å². The number of nitrogens with zero attached hydrogens (tertiary/aromatic N) is 4. The Morgan fingerprint density at radius 3 is 2.81 bits per heavy atom. The fourth-order valence-corrected chi connectivity index (χ4v) is 3.14. The molecular weight excluding hydrogens is 222 g/mol. The molecule has 1 atom stereocenters. The molecule has 1 heterocycles. The number of hydrogen-bond acceptors (Lipinski definition) is 5. The maximum atomic E-state index is 6.22. The zero-order chi connectivity index (χ0) is 11.4. The SMILES string of the molecule is Cn1nnnc1SCC(N)C1CCCCC1. The first-order valence-corrected chi connectivity index (χ1v) is 6.86. The van der Waals surface area contributed by atoms with Crippen molar-refractivity contribution < 1.29 is 0 Å². The molecule has 1 aliphatic rings. The van der Waals surface area contributed by atoms with E-state index in [4.69, 9.17) is 5.73 Å². The zero-order valence-electron chi connectivity index (χ0n) is 9.67. The molecule has 1 saturated carbocycles. The lowest BCUT2D eigenvalue weighted by atomic mass is 9.85. The van der Waals surface area contributed by atoms with Crippen molar-refractivity contribution in [2.45, 2.75) is 43.3 Å². The molecule has 0 aromatic carbocycles. The number of aromatic nitrogens is 4. The maximum Gasteiger partial charge on any atom is 0.209 e. The number of tetrazole rings is 1. The summed E-state index contributed by atoms with van der Waals surface area (Å²) in [6.45, 7) is 0. The third-order valence-corrected chi connectivity index (χ3v) is 4.40. The fraction of sp³-hybridized carbons (Fsp3) is 0.900. The molecule has 0 bridgehead atoms. The van der Waals surface area contributed by atoms with Crippen molar-refractivity contribution >= 4 is 11.8 Å². The monoisotopic (exact) mass is 241 g/mol. The Balaban J connectivity index is 1.78. The molecule has 0 aliphatic heterocycles. The highest BCUT2D eigenvalue weighted by Gasteiger charge is 2.21. The van der Waals surface area contributed by atoms with Crippen LogP contribution >= 0.6 is 11.8 Å². The highest BCUT2D eigenvalue weighted by atomic mass is 32.2. The van der Waals surface area contributed by atoms with Gasteiger partial charge in [0.1, 0.15) is 0 Å². The summed E-state index contributed by atoms with van der Waals surface area (Å²) < 4.78 is 1.69. The third-order valence-electron chi connectivity index (χ3n) is 3.24. The minimum atomic E-state index is 0.280. The average molecular weight is 241 g/mol. The van der Waals surface area contributed by atoms with Gasteiger partial charge in [0.2, 0.25) is 5.16 Å². The van der Waals surface area contributed by atoms with Crippen molar-refractivity contribution in [1.29, 1.82) is 0 Å². The van der Waals surface area contributed by atoms with E-state index in [-0.39, 0.29) is 6.04 Å². The first kappa shape index (κ1) is 11.9. The van der Waals surface area contributed by atoms with E-state index in [1.54, 1.807) is 16.4 Å². The van der Waals surface area contributed by atoms with Crippen molar-refractivity contribution in [3.8, 4) is 0 Å². The zero-order valence-corrected chi connectivity index (χ0v) is 10.5. The topological polar surface area (TPSA) is 69.6 Å². The molecule has 1 aromatic heterocycles. The minimum absolute atomic E-state index is 0.280. The van der Waals surface area contributed by atoms with Gasteiger partial charge < -0.3 is 5.73 Å². The van der Waals surface area contributed by atoms with Gasteiger partial charge in [-0.05, 0) is 29.2 Å². The molecular formula is C10H19N5S. The lowest BCUT2D eigenvalue weighted by molar-refractivity contribution is 0.319. The van der Waals surface area contributed by atoms with Crippen LogP contribution in [0.1, 0.15) is 32.1 Å². The van der Waals surface area contributed by atoms with Crippen molar-refractivity contribution in [3.63, 3.8) is 0 Å². The second-order valence-corrected chi connectivity index (χ2v) is 5.45. The van der Waals surface area contributed by atoms with E-state index in [2.05, 4.69) is 15.5 Å². The Kier molecular flexibility index (Phi) is 4.17. The second kappa shape index (κ2) is 5.63. The molecule has 16 heavy (non-hydrogen) atoms. The Morgan fingerprint density at radius 1 is 1.44 bits per heavy atom. The molecule has 0 radical (unpaired) electrons. The van der Waals surface area contributed by atoms with Gasteiger partial charge in [-0.15, -0.1) is 5.10 Å². The standard InChI is InChI=1S/C10H19N5S/c1-15-10(12-13-14-15)16-7-9(11)8-5-3-2-4-6-8/h8-9H,2-7,11H2,1H3. The van der Waals surface area contributed by atoms with Crippen molar-refractivity contribution in [1.82, 2.24) is 20.2 Å². The molecule has 0 saturated heterocycles. The highest BCUT2D eigenvalue weighted by molar-refractivity contribution is 7.99. The quantitative estimate of drug-likeness (QED) is 0.802. The number of hydrogen-bond donors (Lipinski definition) is 1. The summed E-state index contributed by atoms with van der Waals surface area (Å²) in [4.78, 5) is 0. The minimum Gasteiger partial charge on any atom is -0.327 e. The van der Waals surface area contributed by atoms with Gasteiger partial charge >= 0.3 is 0 Å². The van der Waals surface area contributed by atoms with Crippen LogP contribution in [0.3, 0.4) is 0 Å². The van der Waals surface area contributed by atoms with E-state index < -0.39 is 0 Å². The van der Waals surface area contributed by atoms with Gasteiger partial charge in [0.15, 0.2) is 0 Å².